The average molecular weight is 529 g/mol. The zero-order chi connectivity index (χ0) is 19.6. The lowest BCUT2D eigenvalue weighted by Gasteiger charge is -2.31. The molecule has 1 unspecified atom stereocenters. The first-order valence-corrected chi connectivity index (χ1v) is 11.1. The van der Waals surface area contributed by atoms with Gasteiger partial charge < -0.3 is 15.4 Å². The summed E-state index contributed by atoms with van der Waals surface area (Å²) in [5.41, 5.74) is 2.59. The Balaban J connectivity index is 0.00000300. The van der Waals surface area contributed by atoms with Crippen molar-refractivity contribution in [3.05, 3.63) is 57.8 Å². The number of aliphatic imine (C=N–C) groups is 1. The summed E-state index contributed by atoms with van der Waals surface area (Å²) in [6.45, 7) is 10.5. The van der Waals surface area contributed by atoms with Gasteiger partial charge in [-0.05, 0) is 42.8 Å². The monoisotopic (exact) mass is 528 g/mol. The van der Waals surface area contributed by atoms with Crippen LogP contribution in [0, 0.1) is 0 Å². The molecule has 1 aromatic heterocycles. The molecular weight excluding hydrogens is 495 g/mol. The number of guanidine groups is 1. The molecule has 7 heteroatoms. The standard InChI is InChI=1S/C22H32N4OS.HI/c1-3-23-22(24-10-9-21-8-5-13-28-21)25-15-19-6-4-7-20(14-19)17-26-11-12-27-18(2)16-26;/h4-8,13-14,18H,3,9-12,15-17H2,1-2H3,(H2,23,24,25);1H. The maximum atomic E-state index is 5.64. The molecule has 160 valence electrons. The van der Waals surface area contributed by atoms with Gasteiger partial charge in [0.2, 0.25) is 0 Å². The van der Waals surface area contributed by atoms with Gasteiger partial charge in [0, 0.05) is 37.6 Å². The van der Waals surface area contributed by atoms with Crippen molar-refractivity contribution in [3.8, 4) is 0 Å². The lowest BCUT2D eigenvalue weighted by molar-refractivity contribution is -0.0212. The maximum Gasteiger partial charge on any atom is 0.191 e. The minimum absolute atomic E-state index is 0. The fourth-order valence-corrected chi connectivity index (χ4v) is 4.10. The number of hydrogen-bond acceptors (Lipinski definition) is 4. The molecule has 2 N–H and O–H groups in total. The summed E-state index contributed by atoms with van der Waals surface area (Å²) < 4.78 is 5.64. The van der Waals surface area contributed by atoms with Gasteiger partial charge in [0.25, 0.3) is 0 Å². The first-order chi connectivity index (χ1) is 13.7. The third-order valence-electron chi connectivity index (χ3n) is 4.73. The highest BCUT2D eigenvalue weighted by Crippen LogP contribution is 2.13. The van der Waals surface area contributed by atoms with Crippen LogP contribution in [0.3, 0.4) is 0 Å². The Bertz CT molecular complexity index is 738. The second-order valence-electron chi connectivity index (χ2n) is 7.19. The molecule has 1 aliphatic heterocycles. The van der Waals surface area contributed by atoms with E-state index in [4.69, 9.17) is 9.73 Å². The number of nitrogens with zero attached hydrogens (tertiary/aromatic N) is 2. The number of hydrogen-bond donors (Lipinski definition) is 2. The molecule has 1 aliphatic rings. The van der Waals surface area contributed by atoms with Gasteiger partial charge in [0.1, 0.15) is 0 Å². The number of nitrogens with one attached hydrogen (secondary N) is 2. The van der Waals surface area contributed by atoms with Crippen LogP contribution < -0.4 is 10.6 Å². The third kappa shape index (κ3) is 8.62. The SMILES string of the molecule is CCNC(=NCc1cccc(CN2CCOC(C)C2)c1)NCCc1cccs1.I. The maximum absolute atomic E-state index is 5.64. The van der Waals surface area contributed by atoms with Gasteiger partial charge >= 0.3 is 0 Å². The van der Waals surface area contributed by atoms with Crippen molar-refractivity contribution >= 4 is 41.3 Å². The van der Waals surface area contributed by atoms with E-state index >= 15 is 0 Å². The molecule has 0 saturated carbocycles. The molecule has 0 spiro atoms. The quantitative estimate of drug-likeness (QED) is 0.310. The van der Waals surface area contributed by atoms with Gasteiger partial charge in [0.15, 0.2) is 5.96 Å². The lowest BCUT2D eigenvalue weighted by atomic mass is 10.1. The van der Waals surface area contributed by atoms with Crippen molar-refractivity contribution in [2.75, 3.05) is 32.8 Å². The van der Waals surface area contributed by atoms with E-state index in [1.54, 1.807) is 11.3 Å². The largest absolute Gasteiger partial charge is 0.376 e. The summed E-state index contributed by atoms with van der Waals surface area (Å²) in [5, 5.41) is 8.90. The minimum atomic E-state index is 0. The highest BCUT2D eigenvalue weighted by molar-refractivity contribution is 14.0. The van der Waals surface area contributed by atoms with E-state index in [9.17, 15) is 0 Å². The second-order valence-corrected chi connectivity index (χ2v) is 8.22. The number of thiophene rings is 1. The highest BCUT2D eigenvalue weighted by atomic mass is 127. The van der Waals surface area contributed by atoms with Crippen LogP contribution in [0.2, 0.25) is 0 Å². The van der Waals surface area contributed by atoms with Gasteiger partial charge in [0.05, 0.1) is 19.3 Å². The summed E-state index contributed by atoms with van der Waals surface area (Å²) in [7, 11) is 0. The van der Waals surface area contributed by atoms with Crippen LogP contribution in [0.25, 0.3) is 0 Å². The molecule has 1 atom stereocenters. The van der Waals surface area contributed by atoms with Crippen LogP contribution >= 0.6 is 35.3 Å². The molecule has 5 nitrogen and oxygen atoms in total. The molecule has 3 rings (SSSR count). The Hall–Kier alpha value is -1.16. The molecular formula is C22H33IN4OS. The Morgan fingerprint density at radius 3 is 2.86 bits per heavy atom. The van der Waals surface area contributed by atoms with Crippen molar-refractivity contribution in [2.45, 2.75) is 39.5 Å². The fraction of sp³-hybridized carbons (Fsp3) is 0.500. The Morgan fingerprint density at radius 1 is 1.24 bits per heavy atom. The van der Waals surface area contributed by atoms with Crippen LogP contribution in [-0.2, 0) is 24.2 Å². The smallest absolute Gasteiger partial charge is 0.191 e. The molecule has 0 amide bonds. The molecule has 29 heavy (non-hydrogen) atoms. The normalized spacial score (nSPS) is 17.6. The van der Waals surface area contributed by atoms with Crippen LogP contribution in [0.1, 0.15) is 29.9 Å². The summed E-state index contributed by atoms with van der Waals surface area (Å²) in [6.07, 6.45) is 1.35. The first-order valence-electron chi connectivity index (χ1n) is 10.2. The van der Waals surface area contributed by atoms with Crippen LogP contribution in [0.15, 0.2) is 46.8 Å². The zero-order valence-electron chi connectivity index (χ0n) is 17.4. The van der Waals surface area contributed by atoms with Crippen LogP contribution in [0.4, 0.5) is 0 Å². The summed E-state index contributed by atoms with van der Waals surface area (Å²) >= 11 is 1.80. The fourth-order valence-electron chi connectivity index (χ4n) is 3.39. The van der Waals surface area contributed by atoms with Gasteiger partial charge in [-0.1, -0.05) is 30.3 Å². The van der Waals surface area contributed by atoms with Gasteiger partial charge in [-0.3, -0.25) is 4.90 Å². The third-order valence-corrected chi connectivity index (χ3v) is 5.67. The van der Waals surface area contributed by atoms with Gasteiger partial charge in [-0.2, -0.15) is 0 Å². The molecule has 1 saturated heterocycles. The van der Waals surface area contributed by atoms with Crippen molar-refractivity contribution in [1.29, 1.82) is 0 Å². The highest BCUT2D eigenvalue weighted by Gasteiger charge is 2.16. The number of rotatable bonds is 8. The van der Waals surface area contributed by atoms with E-state index in [2.05, 4.69) is 71.2 Å². The molecule has 1 fully saturated rings. The van der Waals surface area contributed by atoms with Crippen LogP contribution in [0.5, 0.6) is 0 Å². The number of benzene rings is 1. The van der Waals surface area contributed by atoms with E-state index in [1.807, 2.05) is 0 Å². The van der Waals surface area contributed by atoms with E-state index in [-0.39, 0.29) is 24.0 Å². The number of morpholine rings is 1. The summed E-state index contributed by atoms with van der Waals surface area (Å²) in [5.74, 6) is 0.881. The van der Waals surface area contributed by atoms with E-state index in [0.717, 1.165) is 51.7 Å². The second kappa shape index (κ2) is 13.2. The molecule has 0 radical (unpaired) electrons. The Labute approximate surface area is 196 Å². The Kier molecular flexibility index (Phi) is 11.0. The molecule has 0 bridgehead atoms. The molecule has 2 aromatic rings. The summed E-state index contributed by atoms with van der Waals surface area (Å²) in [6, 6.07) is 13.1. The topological polar surface area (TPSA) is 48.9 Å². The van der Waals surface area contributed by atoms with Crippen LogP contribution in [-0.4, -0.2) is 49.7 Å². The van der Waals surface area contributed by atoms with Crippen molar-refractivity contribution in [2.24, 2.45) is 4.99 Å². The van der Waals surface area contributed by atoms with E-state index < -0.39 is 0 Å². The minimum Gasteiger partial charge on any atom is -0.376 e. The van der Waals surface area contributed by atoms with Crippen molar-refractivity contribution in [1.82, 2.24) is 15.5 Å². The van der Waals surface area contributed by atoms with E-state index in [1.165, 1.54) is 16.0 Å². The summed E-state index contributed by atoms with van der Waals surface area (Å²) in [4.78, 5) is 8.63. The van der Waals surface area contributed by atoms with Crippen molar-refractivity contribution < 1.29 is 4.74 Å². The average Bonchev–Trinajstić information content (AvgIpc) is 3.20. The number of halogens is 1. The van der Waals surface area contributed by atoms with Crippen molar-refractivity contribution in [3.63, 3.8) is 0 Å². The predicted molar refractivity (Wildman–Crippen MR) is 133 cm³/mol. The first kappa shape index (κ1) is 24.1. The zero-order valence-corrected chi connectivity index (χ0v) is 20.5. The van der Waals surface area contributed by atoms with Gasteiger partial charge in [-0.25, -0.2) is 4.99 Å². The van der Waals surface area contributed by atoms with Gasteiger partial charge in [-0.15, -0.1) is 35.3 Å². The van der Waals surface area contributed by atoms with E-state index in [0.29, 0.717) is 12.6 Å². The molecule has 1 aromatic carbocycles. The number of ether oxygens (including phenoxy) is 1. The molecule has 2 heterocycles. The predicted octanol–water partition coefficient (Wildman–Crippen LogP) is 3.88. The lowest BCUT2D eigenvalue weighted by Crippen LogP contribution is -2.40. The Morgan fingerprint density at radius 2 is 2.10 bits per heavy atom. The molecule has 0 aliphatic carbocycles.